The number of anilines is 2. The SMILES string of the molecule is CC(C)(c1ccccc1)c1ccc(Nc2ccc(C(C)(C)C3C=CC=CC3)cc2)cc1. The Kier molecular flexibility index (Phi) is 5.87. The van der Waals surface area contributed by atoms with E-state index in [0.29, 0.717) is 5.92 Å². The molecular formula is C30H33N. The minimum Gasteiger partial charge on any atom is -0.356 e. The average molecular weight is 408 g/mol. The van der Waals surface area contributed by atoms with E-state index in [9.17, 15) is 0 Å². The molecule has 0 saturated heterocycles. The summed E-state index contributed by atoms with van der Waals surface area (Å²) in [5.41, 5.74) is 6.35. The number of nitrogens with one attached hydrogen (secondary N) is 1. The molecule has 0 aromatic heterocycles. The molecule has 0 heterocycles. The highest BCUT2D eigenvalue weighted by Crippen LogP contribution is 2.37. The summed E-state index contributed by atoms with van der Waals surface area (Å²) >= 11 is 0. The third kappa shape index (κ3) is 4.51. The summed E-state index contributed by atoms with van der Waals surface area (Å²) in [5.74, 6) is 0.539. The highest BCUT2D eigenvalue weighted by molar-refractivity contribution is 5.61. The zero-order valence-electron chi connectivity index (χ0n) is 19.1. The van der Waals surface area contributed by atoms with Crippen molar-refractivity contribution in [2.75, 3.05) is 5.32 Å². The van der Waals surface area contributed by atoms with E-state index < -0.39 is 0 Å². The van der Waals surface area contributed by atoms with Crippen LogP contribution in [-0.2, 0) is 10.8 Å². The first-order chi connectivity index (χ1) is 14.9. The predicted octanol–water partition coefficient (Wildman–Crippen LogP) is 8.17. The predicted molar refractivity (Wildman–Crippen MR) is 134 cm³/mol. The van der Waals surface area contributed by atoms with E-state index >= 15 is 0 Å². The van der Waals surface area contributed by atoms with Gasteiger partial charge in [-0.3, -0.25) is 0 Å². The van der Waals surface area contributed by atoms with Crippen LogP contribution in [0.5, 0.6) is 0 Å². The van der Waals surface area contributed by atoms with Crippen molar-refractivity contribution in [1.82, 2.24) is 0 Å². The fourth-order valence-electron chi connectivity index (χ4n) is 4.47. The van der Waals surface area contributed by atoms with Crippen molar-refractivity contribution in [1.29, 1.82) is 0 Å². The molecule has 1 atom stereocenters. The minimum atomic E-state index is -0.0181. The van der Waals surface area contributed by atoms with Gasteiger partial charge in [-0.2, -0.15) is 0 Å². The molecule has 1 nitrogen and oxygen atoms in total. The van der Waals surface area contributed by atoms with Crippen molar-refractivity contribution in [3.8, 4) is 0 Å². The molecule has 158 valence electrons. The molecule has 0 bridgehead atoms. The normalized spacial score (nSPS) is 16.3. The van der Waals surface area contributed by atoms with E-state index in [1.54, 1.807) is 0 Å². The number of hydrogen-bond acceptors (Lipinski definition) is 1. The Labute approximate surface area is 187 Å². The molecule has 0 spiro atoms. The van der Waals surface area contributed by atoms with Crippen LogP contribution in [-0.4, -0.2) is 0 Å². The zero-order valence-corrected chi connectivity index (χ0v) is 19.1. The lowest BCUT2D eigenvalue weighted by Crippen LogP contribution is -2.27. The van der Waals surface area contributed by atoms with Gasteiger partial charge < -0.3 is 5.32 Å². The second kappa shape index (κ2) is 8.59. The van der Waals surface area contributed by atoms with E-state index in [1.807, 2.05) is 0 Å². The van der Waals surface area contributed by atoms with E-state index in [1.165, 1.54) is 16.7 Å². The highest BCUT2D eigenvalue weighted by Gasteiger charge is 2.29. The van der Waals surface area contributed by atoms with Crippen LogP contribution in [0.2, 0.25) is 0 Å². The second-order valence-electron chi connectivity index (χ2n) is 9.65. The van der Waals surface area contributed by atoms with E-state index in [4.69, 9.17) is 0 Å². The lowest BCUT2D eigenvalue weighted by atomic mass is 9.71. The van der Waals surface area contributed by atoms with Crippen LogP contribution in [0.4, 0.5) is 11.4 Å². The number of allylic oxidation sites excluding steroid dienone is 4. The number of hydrogen-bond donors (Lipinski definition) is 1. The molecular weight excluding hydrogens is 374 g/mol. The van der Waals surface area contributed by atoms with Gasteiger partial charge in [0.2, 0.25) is 0 Å². The van der Waals surface area contributed by atoms with Gasteiger partial charge in [0, 0.05) is 16.8 Å². The summed E-state index contributed by atoms with van der Waals surface area (Å²) in [5, 5.41) is 3.56. The van der Waals surface area contributed by atoms with Crippen molar-refractivity contribution < 1.29 is 0 Å². The largest absolute Gasteiger partial charge is 0.356 e. The summed E-state index contributed by atoms with van der Waals surface area (Å²) < 4.78 is 0. The number of benzene rings is 3. The Morgan fingerprint density at radius 3 is 1.74 bits per heavy atom. The van der Waals surface area contributed by atoms with E-state index in [0.717, 1.165) is 17.8 Å². The third-order valence-corrected chi connectivity index (χ3v) is 6.93. The Morgan fingerprint density at radius 2 is 1.19 bits per heavy atom. The highest BCUT2D eigenvalue weighted by atomic mass is 14.9. The van der Waals surface area contributed by atoms with Crippen molar-refractivity contribution in [2.24, 2.45) is 5.92 Å². The van der Waals surface area contributed by atoms with Crippen LogP contribution in [0.3, 0.4) is 0 Å². The summed E-state index contributed by atoms with van der Waals surface area (Å²) in [7, 11) is 0. The topological polar surface area (TPSA) is 12.0 Å². The Hall–Kier alpha value is -3.06. The Morgan fingerprint density at radius 1 is 0.645 bits per heavy atom. The maximum absolute atomic E-state index is 3.56. The van der Waals surface area contributed by atoms with Crippen LogP contribution in [0, 0.1) is 5.92 Å². The van der Waals surface area contributed by atoms with Gasteiger partial charge in [-0.25, -0.2) is 0 Å². The lowest BCUT2D eigenvalue weighted by molar-refractivity contribution is 0.382. The fourth-order valence-corrected chi connectivity index (χ4v) is 4.47. The van der Waals surface area contributed by atoms with Gasteiger partial charge in [0.25, 0.3) is 0 Å². The summed E-state index contributed by atoms with van der Waals surface area (Å²) in [6.07, 6.45) is 10.0. The van der Waals surface area contributed by atoms with Gasteiger partial charge in [0.1, 0.15) is 0 Å². The van der Waals surface area contributed by atoms with Crippen LogP contribution in [0.1, 0.15) is 50.8 Å². The molecule has 31 heavy (non-hydrogen) atoms. The Bertz CT molecular complexity index is 1050. The molecule has 4 rings (SSSR count). The van der Waals surface area contributed by atoms with E-state index in [-0.39, 0.29) is 10.8 Å². The van der Waals surface area contributed by atoms with Gasteiger partial charge in [-0.15, -0.1) is 0 Å². The first-order valence-electron chi connectivity index (χ1n) is 11.2. The van der Waals surface area contributed by atoms with Crippen molar-refractivity contribution in [3.63, 3.8) is 0 Å². The molecule has 0 radical (unpaired) electrons. The fraction of sp³-hybridized carbons (Fsp3) is 0.267. The van der Waals surface area contributed by atoms with Gasteiger partial charge in [0.05, 0.1) is 0 Å². The molecule has 1 aliphatic rings. The molecule has 3 aromatic carbocycles. The van der Waals surface area contributed by atoms with Crippen LogP contribution < -0.4 is 5.32 Å². The molecule has 1 unspecified atom stereocenters. The maximum Gasteiger partial charge on any atom is 0.0384 e. The van der Waals surface area contributed by atoms with Gasteiger partial charge in [0.15, 0.2) is 0 Å². The molecule has 0 fully saturated rings. The molecule has 3 aromatic rings. The van der Waals surface area contributed by atoms with Crippen molar-refractivity contribution >= 4 is 11.4 Å². The monoisotopic (exact) mass is 407 g/mol. The average Bonchev–Trinajstić information content (AvgIpc) is 2.81. The first-order valence-corrected chi connectivity index (χ1v) is 11.2. The number of rotatable bonds is 6. The second-order valence-corrected chi connectivity index (χ2v) is 9.65. The van der Waals surface area contributed by atoms with Gasteiger partial charge in [-0.1, -0.05) is 107 Å². The zero-order chi connectivity index (χ0) is 21.9. The van der Waals surface area contributed by atoms with Crippen LogP contribution in [0.15, 0.2) is 103 Å². The summed E-state index contributed by atoms with van der Waals surface area (Å²) in [4.78, 5) is 0. The first kappa shape index (κ1) is 21.2. The Balaban J connectivity index is 1.46. The summed E-state index contributed by atoms with van der Waals surface area (Å²) in [6.45, 7) is 9.25. The standard InChI is InChI=1S/C30H33N/c1-29(2,23-11-7-5-8-12-23)25-15-19-27(20-16-25)31-28-21-17-26(18-22-28)30(3,4)24-13-9-6-10-14-24/h5-13,15-22,24,31H,14H2,1-4H3. The van der Waals surface area contributed by atoms with Crippen LogP contribution in [0.25, 0.3) is 0 Å². The molecule has 1 aliphatic carbocycles. The van der Waals surface area contributed by atoms with Gasteiger partial charge in [-0.05, 0) is 58.7 Å². The van der Waals surface area contributed by atoms with E-state index in [2.05, 4.69) is 136 Å². The van der Waals surface area contributed by atoms with Crippen molar-refractivity contribution in [3.05, 3.63) is 120 Å². The lowest BCUT2D eigenvalue weighted by Gasteiger charge is -2.33. The maximum atomic E-state index is 3.56. The van der Waals surface area contributed by atoms with Crippen molar-refractivity contribution in [2.45, 2.75) is 44.9 Å². The third-order valence-electron chi connectivity index (χ3n) is 6.93. The molecule has 1 heteroatoms. The quantitative estimate of drug-likeness (QED) is 0.434. The molecule has 0 saturated carbocycles. The molecule has 0 amide bonds. The molecule has 0 aliphatic heterocycles. The van der Waals surface area contributed by atoms with Gasteiger partial charge >= 0.3 is 0 Å². The smallest absolute Gasteiger partial charge is 0.0384 e. The minimum absolute atomic E-state index is 0.0181. The summed E-state index contributed by atoms with van der Waals surface area (Å²) in [6, 6.07) is 28.4. The van der Waals surface area contributed by atoms with Crippen LogP contribution >= 0.6 is 0 Å². The molecule has 1 N–H and O–H groups in total.